The third-order valence-corrected chi connectivity index (χ3v) is 5.31. The van der Waals surface area contributed by atoms with Crippen molar-refractivity contribution < 1.29 is 9.90 Å². The Hall–Kier alpha value is -3.54. The first-order chi connectivity index (χ1) is 14.1. The van der Waals surface area contributed by atoms with Crippen LogP contribution in [0.25, 0.3) is 22.2 Å². The first kappa shape index (κ1) is 18.8. The van der Waals surface area contributed by atoms with Crippen molar-refractivity contribution in [1.29, 1.82) is 0 Å². The van der Waals surface area contributed by atoms with Crippen LogP contribution in [0.1, 0.15) is 47.8 Å². The number of benzene rings is 2. The number of aromatic carboxylic acids is 1. The van der Waals surface area contributed by atoms with E-state index in [-0.39, 0.29) is 0 Å². The molecule has 4 aromatic rings. The van der Waals surface area contributed by atoms with E-state index in [2.05, 4.69) is 33.6 Å². The van der Waals surface area contributed by atoms with Crippen LogP contribution in [-0.2, 0) is 6.54 Å². The second-order valence-electron chi connectivity index (χ2n) is 7.19. The number of fused-ring (bicyclic) bond motifs is 1. The van der Waals surface area contributed by atoms with E-state index in [4.69, 9.17) is 0 Å². The highest BCUT2D eigenvalue weighted by Crippen LogP contribution is 2.27. The van der Waals surface area contributed by atoms with Gasteiger partial charge >= 0.3 is 5.97 Å². The normalized spacial score (nSPS) is 12.2. The Labute approximate surface area is 168 Å². The molecule has 6 nitrogen and oxygen atoms in total. The fraction of sp³-hybridized carbons (Fsp3) is 0.217. The molecular formula is C23H22N4O2. The second-order valence-corrected chi connectivity index (χ2v) is 7.19. The van der Waals surface area contributed by atoms with Crippen LogP contribution in [-0.4, -0.2) is 30.8 Å². The quantitative estimate of drug-likeness (QED) is 0.517. The number of carbonyl (C=O) groups is 1. The summed E-state index contributed by atoms with van der Waals surface area (Å²) in [5, 5.41) is 17.9. The average Bonchev–Trinajstić information content (AvgIpc) is 3.16. The van der Waals surface area contributed by atoms with Crippen LogP contribution >= 0.6 is 0 Å². The number of rotatable bonds is 6. The molecular weight excluding hydrogens is 364 g/mol. The molecule has 29 heavy (non-hydrogen) atoms. The maximum atomic E-state index is 11.5. The van der Waals surface area contributed by atoms with E-state index < -0.39 is 5.97 Å². The van der Waals surface area contributed by atoms with Gasteiger partial charge in [-0.15, -0.1) is 0 Å². The predicted octanol–water partition coefficient (Wildman–Crippen LogP) is 4.75. The molecule has 2 aromatic heterocycles. The summed E-state index contributed by atoms with van der Waals surface area (Å²) in [6.45, 7) is 4.95. The molecule has 0 bridgehead atoms. The van der Waals surface area contributed by atoms with Gasteiger partial charge in [-0.25, -0.2) is 9.78 Å². The lowest BCUT2D eigenvalue weighted by molar-refractivity contribution is 0.0697. The highest BCUT2D eigenvalue weighted by atomic mass is 16.4. The maximum absolute atomic E-state index is 11.5. The van der Waals surface area contributed by atoms with Gasteiger partial charge in [0.15, 0.2) is 0 Å². The number of carboxylic acid groups (broad SMARTS) is 1. The fourth-order valence-corrected chi connectivity index (χ4v) is 3.52. The van der Waals surface area contributed by atoms with Gasteiger partial charge in [0.05, 0.1) is 29.3 Å². The summed E-state index contributed by atoms with van der Waals surface area (Å²) in [5.74, 6) is -0.621. The zero-order valence-corrected chi connectivity index (χ0v) is 16.4. The Kier molecular flexibility index (Phi) is 5.08. The Morgan fingerprint density at radius 3 is 2.62 bits per heavy atom. The van der Waals surface area contributed by atoms with Crippen LogP contribution in [0.4, 0.5) is 0 Å². The van der Waals surface area contributed by atoms with Gasteiger partial charge in [0.1, 0.15) is 5.52 Å². The summed E-state index contributed by atoms with van der Waals surface area (Å²) in [4.78, 5) is 16.0. The molecule has 1 unspecified atom stereocenters. The molecule has 0 spiro atoms. The highest BCUT2D eigenvalue weighted by Gasteiger charge is 2.15. The van der Waals surface area contributed by atoms with E-state index in [9.17, 15) is 9.90 Å². The molecule has 0 aliphatic carbocycles. The molecule has 2 aromatic carbocycles. The van der Waals surface area contributed by atoms with Crippen molar-refractivity contribution in [3.8, 4) is 11.1 Å². The van der Waals surface area contributed by atoms with E-state index >= 15 is 0 Å². The molecule has 4 rings (SSSR count). The molecule has 0 amide bonds. The Morgan fingerprint density at radius 1 is 1.14 bits per heavy atom. The highest BCUT2D eigenvalue weighted by molar-refractivity contribution is 5.96. The number of nitrogens with zero attached hydrogens (tertiary/aromatic N) is 4. The number of carboxylic acids is 1. The van der Waals surface area contributed by atoms with Crippen LogP contribution in [0.3, 0.4) is 0 Å². The molecule has 146 valence electrons. The zero-order chi connectivity index (χ0) is 20.4. The van der Waals surface area contributed by atoms with E-state index in [0.29, 0.717) is 23.6 Å². The minimum absolute atomic E-state index is 0.302. The molecule has 1 N–H and O–H groups in total. The summed E-state index contributed by atoms with van der Waals surface area (Å²) in [7, 11) is 0. The molecule has 0 aliphatic heterocycles. The monoisotopic (exact) mass is 386 g/mol. The molecule has 0 saturated carbocycles. The van der Waals surface area contributed by atoms with Crippen molar-refractivity contribution in [2.45, 2.75) is 32.7 Å². The molecule has 1 atom stereocenters. The van der Waals surface area contributed by atoms with Gasteiger partial charge in [0, 0.05) is 12.5 Å². The summed E-state index contributed by atoms with van der Waals surface area (Å²) in [6.07, 6.45) is 4.51. The van der Waals surface area contributed by atoms with E-state index in [1.807, 2.05) is 42.7 Å². The fourth-order valence-electron chi connectivity index (χ4n) is 3.52. The number of aromatic nitrogens is 4. The number of hydrogen-bond donors (Lipinski definition) is 1. The molecule has 0 saturated heterocycles. The van der Waals surface area contributed by atoms with Crippen LogP contribution in [0.15, 0.2) is 61.1 Å². The van der Waals surface area contributed by atoms with Crippen LogP contribution in [0.2, 0.25) is 0 Å². The average molecular weight is 386 g/mol. The first-order valence-corrected chi connectivity index (χ1v) is 9.66. The van der Waals surface area contributed by atoms with Gasteiger partial charge in [-0.2, -0.15) is 10.2 Å². The van der Waals surface area contributed by atoms with Gasteiger partial charge in [0.25, 0.3) is 0 Å². The Balaban J connectivity index is 1.66. The number of hydrogen-bond acceptors (Lipinski definition) is 4. The molecule has 2 heterocycles. The van der Waals surface area contributed by atoms with Crippen molar-refractivity contribution in [3.63, 3.8) is 0 Å². The maximum Gasteiger partial charge on any atom is 0.336 e. The Bertz CT molecular complexity index is 1170. The first-order valence-electron chi connectivity index (χ1n) is 9.66. The van der Waals surface area contributed by atoms with Gasteiger partial charge < -0.3 is 9.67 Å². The van der Waals surface area contributed by atoms with E-state index in [0.717, 1.165) is 34.3 Å². The molecule has 0 radical (unpaired) electrons. The van der Waals surface area contributed by atoms with E-state index in [1.165, 1.54) is 0 Å². The van der Waals surface area contributed by atoms with Crippen molar-refractivity contribution in [2.24, 2.45) is 0 Å². The zero-order valence-electron chi connectivity index (χ0n) is 16.4. The lowest BCUT2D eigenvalue weighted by atomic mass is 9.98. The van der Waals surface area contributed by atoms with E-state index in [1.54, 1.807) is 18.3 Å². The lowest BCUT2D eigenvalue weighted by Crippen LogP contribution is -2.05. The van der Waals surface area contributed by atoms with Crippen LogP contribution < -0.4 is 0 Å². The van der Waals surface area contributed by atoms with Crippen molar-refractivity contribution >= 4 is 17.0 Å². The summed E-state index contributed by atoms with van der Waals surface area (Å²) >= 11 is 0. The van der Waals surface area contributed by atoms with Gasteiger partial charge in [0.2, 0.25) is 0 Å². The molecule has 6 heteroatoms. The Morgan fingerprint density at radius 2 is 1.90 bits per heavy atom. The number of imidazole rings is 1. The summed E-state index contributed by atoms with van der Waals surface area (Å²) in [6, 6.07) is 15.0. The van der Waals surface area contributed by atoms with Gasteiger partial charge in [-0.1, -0.05) is 56.3 Å². The largest absolute Gasteiger partial charge is 0.478 e. The summed E-state index contributed by atoms with van der Waals surface area (Å²) < 4.78 is 2.10. The minimum Gasteiger partial charge on any atom is -0.478 e. The van der Waals surface area contributed by atoms with Crippen molar-refractivity contribution in [2.75, 3.05) is 0 Å². The van der Waals surface area contributed by atoms with Crippen molar-refractivity contribution in [3.05, 3.63) is 77.9 Å². The lowest BCUT2D eigenvalue weighted by Gasteiger charge is -2.12. The SMILES string of the molecule is CCC(C)c1nncc2ncn(Cc3ccc(-c4ccccc4C(=O)O)cc3)c12. The third-order valence-electron chi connectivity index (χ3n) is 5.31. The topological polar surface area (TPSA) is 80.9 Å². The standard InChI is InChI=1S/C23H22N4O2/c1-3-15(2)21-22-20(12-25-26-21)24-14-27(22)13-16-8-10-17(11-9-16)18-6-4-5-7-19(18)23(28)29/h4-12,14-15H,3,13H2,1-2H3,(H,28,29). The summed E-state index contributed by atoms with van der Waals surface area (Å²) in [5.41, 5.74) is 5.85. The predicted molar refractivity (Wildman–Crippen MR) is 112 cm³/mol. The molecule has 0 fully saturated rings. The third kappa shape index (κ3) is 3.61. The molecule has 0 aliphatic rings. The van der Waals surface area contributed by atoms with Gasteiger partial charge in [-0.05, 0) is 29.2 Å². The van der Waals surface area contributed by atoms with Crippen LogP contribution in [0.5, 0.6) is 0 Å². The minimum atomic E-state index is -0.923. The van der Waals surface area contributed by atoms with Gasteiger partial charge in [-0.3, -0.25) is 0 Å². The van der Waals surface area contributed by atoms with Crippen molar-refractivity contribution in [1.82, 2.24) is 19.7 Å². The van der Waals surface area contributed by atoms with Crippen LogP contribution in [0, 0.1) is 0 Å². The smallest absolute Gasteiger partial charge is 0.336 e. The second kappa shape index (κ2) is 7.83.